The van der Waals surface area contributed by atoms with Crippen LogP contribution in [0, 0.1) is 5.92 Å². The molecule has 1 aromatic heterocycles. The van der Waals surface area contributed by atoms with Crippen LogP contribution in [0.2, 0.25) is 0 Å². The third kappa shape index (κ3) is 5.50. The average molecular weight is 368 g/mol. The minimum Gasteiger partial charge on any atom is -0.497 e. The van der Waals surface area contributed by atoms with E-state index in [0.717, 1.165) is 51.2 Å². The number of benzene rings is 1. The first-order valence-corrected chi connectivity index (χ1v) is 9.52. The molecule has 0 N–H and O–H groups in total. The van der Waals surface area contributed by atoms with Crippen LogP contribution in [-0.4, -0.2) is 66.0 Å². The average Bonchev–Trinajstić information content (AvgIpc) is 2.73. The summed E-state index contributed by atoms with van der Waals surface area (Å²) in [7, 11) is 3.55. The zero-order valence-corrected chi connectivity index (χ0v) is 16.2. The molecule has 27 heavy (non-hydrogen) atoms. The first-order valence-electron chi connectivity index (χ1n) is 9.52. The Morgan fingerprint density at radius 1 is 1.22 bits per heavy atom. The SMILES string of the molecule is COc1ccc(CCN2CCC(CN(C)C(=O)c3cnccn3)CC2)cc1. The van der Waals surface area contributed by atoms with Crippen molar-refractivity contribution in [2.24, 2.45) is 5.92 Å². The Morgan fingerprint density at radius 2 is 1.96 bits per heavy atom. The zero-order chi connectivity index (χ0) is 19.1. The van der Waals surface area contributed by atoms with Gasteiger partial charge in [-0.2, -0.15) is 0 Å². The molecule has 0 atom stereocenters. The largest absolute Gasteiger partial charge is 0.497 e. The number of methoxy groups -OCH3 is 1. The molecule has 1 amide bonds. The van der Waals surface area contributed by atoms with Gasteiger partial charge in [0.25, 0.3) is 5.91 Å². The predicted molar refractivity (Wildman–Crippen MR) is 105 cm³/mol. The molecule has 6 nitrogen and oxygen atoms in total. The molecule has 0 spiro atoms. The van der Waals surface area contributed by atoms with Gasteiger partial charge >= 0.3 is 0 Å². The quantitative estimate of drug-likeness (QED) is 0.752. The van der Waals surface area contributed by atoms with Crippen molar-refractivity contribution in [3.8, 4) is 5.75 Å². The summed E-state index contributed by atoms with van der Waals surface area (Å²) in [6.07, 6.45) is 7.97. The number of likely N-dealkylation sites (tertiary alicyclic amines) is 1. The Morgan fingerprint density at radius 3 is 2.59 bits per heavy atom. The van der Waals surface area contributed by atoms with Crippen LogP contribution in [0.5, 0.6) is 5.75 Å². The van der Waals surface area contributed by atoms with Gasteiger partial charge in [0.1, 0.15) is 11.4 Å². The number of piperidine rings is 1. The fraction of sp³-hybridized carbons (Fsp3) is 0.476. The van der Waals surface area contributed by atoms with Gasteiger partial charge in [-0.05, 0) is 56.0 Å². The molecule has 0 radical (unpaired) electrons. The smallest absolute Gasteiger partial charge is 0.273 e. The molecule has 0 unspecified atom stereocenters. The van der Waals surface area contributed by atoms with E-state index < -0.39 is 0 Å². The second-order valence-electron chi connectivity index (χ2n) is 7.16. The number of hydrogen-bond acceptors (Lipinski definition) is 5. The monoisotopic (exact) mass is 368 g/mol. The zero-order valence-electron chi connectivity index (χ0n) is 16.2. The Balaban J connectivity index is 1.40. The van der Waals surface area contributed by atoms with Gasteiger partial charge in [-0.15, -0.1) is 0 Å². The van der Waals surface area contributed by atoms with Crippen molar-refractivity contribution in [2.75, 3.05) is 40.3 Å². The number of ether oxygens (including phenoxy) is 1. The topological polar surface area (TPSA) is 58.6 Å². The lowest BCUT2D eigenvalue weighted by Gasteiger charge is -2.33. The van der Waals surface area contributed by atoms with Crippen LogP contribution in [0.1, 0.15) is 28.9 Å². The predicted octanol–water partition coefficient (Wildman–Crippen LogP) is 2.51. The Hall–Kier alpha value is -2.47. The minimum absolute atomic E-state index is 0.0509. The second-order valence-corrected chi connectivity index (χ2v) is 7.16. The highest BCUT2D eigenvalue weighted by atomic mass is 16.5. The van der Waals surface area contributed by atoms with Crippen LogP contribution in [0.3, 0.4) is 0 Å². The summed E-state index contributed by atoms with van der Waals surface area (Å²) >= 11 is 0. The lowest BCUT2D eigenvalue weighted by molar-refractivity contribution is 0.0734. The molecule has 1 fully saturated rings. The lowest BCUT2D eigenvalue weighted by atomic mass is 9.96. The van der Waals surface area contributed by atoms with E-state index in [1.165, 1.54) is 11.8 Å². The number of hydrogen-bond donors (Lipinski definition) is 0. The normalized spacial score (nSPS) is 15.5. The van der Waals surface area contributed by atoms with E-state index in [2.05, 4.69) is 27.0 Å². The summed E-state index contributed by atoms with van der Waals surface area (Å²) < 4.78 is 5.21. The lowest BCUT2D eigenvalue weighted by Crippen LogP contribution is -2.40. The van der Waals surface area contributed by atoms with Gasteiger partial charge in [0, 0.05) is 32.5 Å². The third-order valence-corrected chi connectivity index (χ3v) is 5.24. The van der Waals surface area contributed by atoms with Gasteiger partial charge in [0.15, 0.2) is 0 Å². The highest BCUT2D eigenvalue weighted by Crippen LogP contribution is 2.19. The third-order valence-electron chi connectivity index (χ3n) is 5.24. The highest BCUT2D eigenvalue weighted by Gasteiger charge is 2.22. The van der Waals surface area contributed by atoms with Crippen LogP contribution < -0.4 is 4.74 Å². The second kappa shape index (κ2) is 9.46. The first kappa shape index (κ1) is 19.3. The summed E-state index contributed by atoms with van der Waals surface area (Å²) in [5, 5.41) is 0. The molecule has 1 saturated heterocycles. The van der Waals surface area contributed by atoms with E-state index in [9.17, 15) is 4.79 Å². The summed E-state index contributed by atoms with van der Waals surface area (Å²) in [5.41, 5.74) is 1.75. The molecular weight excluding hydrogens is 340 g/mol. The van der Waals surface area contributed by atoms with Gasteiger partial charge in [0.2, 0.25) is 0 Å². The molecule has 1 aliphatic heterocycles. The maximum Gasteiger partial charge on any atom is 0.273 e. The summed E-state index contributed by atoms with van der Waals surface area (Å²) in [6, 6.07) is 8.31. The Kier molecular flexibility index (Phi) is 6.76. The summed E-state index contributed by atoms with van der Waals surface area (Å²) in [4.78, 5) is 24.8. The van der Waals surface area contributed by atoms with Crippen molar-refractivity contribution >= 4 is 5.91 Å². The molecule has 3 rings (SSSR count). The van der Waals surface area contributed by atoms with Crippen molar-refractivity contribution in [1.82, 2.24) is 19.8 Å². The molecule has 1 aromatic carbocycles. The van der Waals surface area contributed by atoms with Crippen LogP contribution in [0.4, 0.5) is 0 Å². The number of nitrogens with zero attached hydrogens (tertiary/aromatic N) is 4. The standard InChI is InChI=1S/C21H28N4O2/c1-24(21(26)20-15-22-10-11-23-20)16-18-8-13-25(14-9-18)12-7-17-3-5-19(27-2)6-4-17/h3-6,10-11,15,18H,7-9,12-14,16H2,1-2H3. The molecule has 2 heterocycles. The molecule has 0 saturated carbocycles. The fourth-order valence-corrected chi connectivity index (χ4v) is 3.55. The van der Waals surface area contributed by atoms with E-state index in [1.807, 2.05) is 19.2 Å². The van der Waals surface area contributed by atoms with Gasteiger partial charge in [-0.3, -0.25) is 9.78 Å². The minimum atomic E-state index is -0.0509. The Labute approximate surface area is 161 Å². The molecule has 2 aromatic rings. The molecule has 0 aliphatic carbocycles. The number of aromatic nitrogens is 2. The summed E-state index contributed by atoms with van der Waals surface area (Å²) in [5.74, 6) is 1.40. The van der Waals surface area contributed by atoms with Gasteiger partial charge in [0.05, 0.1) is 13.3 Å². The first-order chi connectivity index (χ1) is 13.2. The fourth-order valence-electron chi connectivity index (χ4n) is 3.55. The van der Waals surface area contributed by atoms with Gasteiger partial charge in [-0.1, -0.05) is 12.1 Å². The molecular formula is C21H28N4O2. The maximum absolute atomic E-state index is 12.4. The number of amides is 1. The van der Waals surface area contributed by atoms with Crippen molar-refractivity contribution in [2.45, 2.75) is 19.3 Å². The van der Waals surface area contributed by atoms with Gasteiger partial charge < -0.3 is 14.5 Å². The number of carbonyl (C=O) groups is 1. The molecule has 1 aliphatic rings. The highest BCUT2D eigenvalue weighted by molar-refractivity contribution is 5.91. The maximum atomic E-state index is 12.4. The van der Waals surface area contributed by atoms with Gasteiger partial charge in [-0.25, -0.2) is 4.98 Å². The molecule has 144 valence electrons. The van der Waals surface area contributed by atoms with Crippen molar-refractivity contribution < 1.29 is 9.53 Å². The van der Waals surface area contributed by atoms with Crippen molar-refractivity contribution in [3.63, 3.8) is 0 Å². The van der Waals surface area contributed by atoms with Crippen LogP contribution in [-0.2, 0) is 6.42 Å². The number of carbonyl (C=O) groups excluding carboxylic acids is 1. The molecule has 6 heteroatoms. The van der Waals surface area contributed by atoms with Crippen LogP contribution >= 0.6 is 0 Å². The van der Waals surface area contributed by atoms with E-state index in [1.54, 1.807) is 24.4 Å². The van der Waals surface area contributed by atoms with E-state index in [0.29, 0.717) is 11.6 Å². The number of rotatable bonds is 7. The van der Waals surface area contributed by atoms with Crippen molar-refractivity contribution in [1.29, 1.82) is 0 Å². The summed E-state index contributed by atoms with van der Waals surface area (Å²) in [6.45, 7) is 4.04. The Bertz CT molecular complexity index is 713. The van der Waals surface area contributed by atoms with Crippen LogP contribution in [0.25, 0.3) is 0 Å². The molecule has 0 bridgehead atoms. The van der Waals surface area contributed by atoms with E-state index in [4.69, 9.17) is 4.74 Å². The van der Waals surface area contributed by atoms with E-state index >= 15 is 0 Å². The van der Waals surface area contributed by atoms with Crippen molar-refractivity contribution in [3.05, 3.63) is 54.1 Å². The van der Waals surface area contributed by atoms with Crippen LogP contribution in [0.15, 0.2) is 42.9 Å². The van der Waals surface area contributed by atoms with E-state index in [-0.39, 0.29) is 5.91 Å².